The molecule has 1 aromatic carbocycles. The van der Waals surface area contributed by atoms with Gasteiger partial charge in [0.05, 0.1) is 5.41 Å². The van der Waals surface area contributed by atoms with E-state index >= 15 is 0 Å². The van der Waals surface area contributed by atoms with Crippen molar-refractivity contribution in [3.05, 3.63) is 34.9 Å². The van der Waals surface area contributed by atoms with Gasteiger partial charge >= 0.3 is 5.97 Å². The topological polar surface area (TPSA) is 37.3 Å². The van der Waals surface area contributed by atoms with Crippen molar-refractivity contribution in [3.8, 4) is 0 Å². The molecule has 0 spiro atoms. The number of aliphatic carboxylic acids is 1. The fourth-order valence-electron chi connectivity index (χ4n) is 1.46. The highest BCUT2D eigenvalue weighted by molar-refractivity contribution is 5.73. The standard InChI is InChI=1S/C13H16F2O2/c1-8-6-9(11(15)7-10(8)14)4-5-13(2,3)12(16)17/h6-7H,4-5H2,1-3H3,(H,16,17). The number of rotatable bonds is 4. The molecule has 2 nitrogen and oxygen atoms in total. The Morgan fingerprint density at radius 2 is 1.88 bits per heavy atom. The molecule has 0 atom stereocenters. The minimum Gasteiger partial charge on any atom is -0.481 e. The lowest BCUT2D eigenvalue weighted by atomic mass is 9.86. The second-order valence-corrected chi connectivity index (χ2v) is 4.88. The van der Waals surface area contributed by atoms with Crippen LogP contribution in [-0.4, -0.2) is 11.1 Å². The van der Waals surface area contributed by atoms with Crippen LogP contribution in [0, 0.1) is 24.0 Å². The summed E-state index contributed by atoms with van der Waals surface area (Å²) >= 11 is 0. The zero-order valence-electron chi connectivity index (χ0n) is 10.2. The molecule has 0 aliphatic carbocycles. The first-order valence-corrected chi connectivity index (χ1v) is 5.42. The summed E-state index contributed by atoms with van der Waals surface area (Å²) < 4.78 is 26.4. The van der Waals surface area contributed by atoms with E-state index in [1.165, 1.54) is 6.07 Å². The monoisotopic (exact) mass is 242 g/mol. The first-order valence-electron chi connectivity index (χ1n) is 5.42. The predicted molar refractivity (Wildman–Crippen MR) is 60.8 cm³/mol. The normalized spacial score (nSPS) is 11.6. The molecule has 1 N–H and O–H groups in total. The lowest BCUT2D eigenvalue weighted by Gasteiger charge is -2.19. The third-order valence-corrected chi connectivity index (χ3v) is 2.93. The van der Waals surface area contributed by atoms with E-state index in [0.717, 1.165) is 6.07 Å². The van der Waals surface area contributed by atoms with Crippen LogP contribution in [0.4, 0.5) is 8.78 Å². The van der Waals surface area contributed by atoms with Crippen LogP contribution in [-0.2, 0) is 11.2 Å². The molecule has 0 amide bonds. The summed E-state index contributed by atoms with van der Waals surface area (Å²) in [4.78, 5) is 10.9. The maximum absolute atomic E-state index is 13.4. The van der Waals surface area contributed by atoms with Gasteiger partial charge in [0.15, 0.2) is 0 Å². The van der Waals surface area contributed by atoms with Crippen molar-refractivity contribution >= 4 is 5.97 Å². The van der Waals surface area contributed by atoms with Gasteiger partial charge in [-0.1, -0.05) is 6.07 Å². The minimum absolute atomic E-state index is 0.284. The summed E-state index contributed by atoms with van der Waals surface area (Å²) in [7, 11) is 0. The molecule has 1 rings (SSSR count). The average molecular weight is 242 g/mol. The van der Waals surface area contributed by atoms with Gasteiger partial charge < -0.3 is 5.11 Å². The zero-order valence-corrected chi connectivity index (χ0v) is 10.2. The van der Waals surface area contributed by atoms with E-state index in [-0.39, 0.29) is 6.42 Å². The van der Waals surface area contributed by atoms with Crippen LogP contribution in [0.5, 0.6) is 0 Å². The molecule has 0 aliphatic rings. The number of carboxylic acid groups (broad SMARTS) is 1. The molecular formula is C13H16F2O2. The maximum Gasteiger partial charge on any atom is 0.309 e. The molecule has 17 heavy (non-hydrogen) atoms. The summed E-state index contributed by atoms with van der Waals surface area (Å²) in [6, 6.07) is 2.28. The van der Waals surface area contributed by atoms with E-state index in [4.69, 9.17) is 5.11 Å². The van der Waals surface area contributed by atoms with Crippen LogP contribution < -0.4 is 0 Å². The minimum atomic E-state index is -0.920. The fraction of sp³-hybridized carbons (Fsp3) is 0.462. The third kappa shape index (κ3) is 3.25. The summed E-state index contributed by atoms with van der Waals surface area (Å²) in [5.41, 5.74) is -0.179. The zero-order chi connectivity index (χ0) is 13.2. The van der Waals surface area contributed by atoms with Crippen molar-refractivity contribution in [2.24, 2.45) is 5.41 Å². The molecule has 0 saturated carbocycles. The van der Waals surface area contributed by atoms with Crippen LogP contribution in [0.2, 0.25) is 0 Å². The Kier molecular flexibility index (Phi) is 3.86. The van der Waals surface area contributed by atoms with E-state index in [1.54, 1.807) is 20.8 Å². The molecule has 1 aromatic rings. The Balaban J connectivity index is 2.83. The Morgan fingerprint density at radius 3 is 2.41 bits per heavy atom. The van der Waals surface area contributed by atoms with Gasteiger partial charge in [-0.05, 0) is 44.7 Å². The fourth-order valence-corrected chi connectivity index (χ4v) is 1.46. The van der Waals surface area contributed by atoms with Crippen LogP contribution in [0.15, 0.2) is 12.1 Å². The van der Waals surface area contributed by atoms with Gasteiger partial charge in [0.2, 0.25) is 0 Å². The van der Waals surface area contributed by atoms with Crippen molar-refractivity contribution < 1.29 is 18.7 Å². The van der Waals surface area contributed by atoms with Crippen molar-refractivity contribution in [1.29, 1.82) is 0 Å². The largest absolute Gasteiger partial charge is 0.481 e. The summed E-state index contributed by atoms with van der Waals surface area (Å²) in [5.74, 6) is -2.12. The number of halogens is 2. The molecule has 0 fully saturated rings. The lowest BCUT2D eigenvalue weighted by molar-refractivity contribution is -0.147. The van der Waals surface area contributed by atoms with Gasteiger partial charge in [0.25, 0.3) is 0 Å². The van der Waals surface area contributed by atoms with Crippen LogP contribution in [0.25, 0.3) is 0 Å². The van der Waals surface area contributed by atoms with Gasteiger partial charge in [-0.25, -0.2) is 8.78 Å². The van der Waals surface area contributed by atoms with Gasteiger partial charge in [-0.15, -0.1) is 0 Å². The predicted octanol–water partition coefficient (Wildman–Crippen LogP) is 3.32. The van der Waals surface area contributed by atoms with E-state index < -0.39 is 23.0 Å². The third-order valence-electron chi connectivity index (χ3n) is 2.93. The maximum atomic E-state index is 13.4. The number of benzene rings is 1. The Labute approximate surface area is 99.3 Å². The number of carbonyl (C=O) groups is 1. The van der Waals surface area contributed by atoms with Crippen molar-refractivity contribution in [2.75, 3.05) is 0 Å². The number of hydrogen-bond acceptors (Lipinski definition) is 1. The molecule has 0 heterocycles. The van der Waals surface area contributed by atoms with E-state index in [2.05, 4.69) is 0 Å². The van der Waals surface area contributed by atoms with Crippen molar-refractivity contribution in [1.82, 2.24) is 0 Å². The quantitative estimate of drug-likeness (QED) is 0.879. The molecule has 0 saturated heterocycles. The highest BCUT2D eigenvalue weighted by Crippen LogP contribution is 2.25. The molecule has 0 aromatic heterocycles. The summed E-state index contributed by atoms with van der Waals surface area (Å²) in [6.45, 7) is 4.73. The Morgan fingerprint density at radius 1 is 1.29 bits per heavy atom. The summed E-state index contributed by atoms with van der Waals surface area (Å²) in [5, 5.41) is 8.93. The lowest BCUT2D eigenvalue weighted by Crippen LogP contribution is -2.24. The highest BCUT2D eigenvalue weighted by atomic mass is 19.1. The van der Waals surface area contributed by atoms with Crippen LogP contribution >= 0.6 is 0 Å². The average Bonchev–Trinajstić information content (AvgIpc) is 2.21. The van der Waals surface area contributed by atoms with Gasteiger partial charge in [-0.2, -0.15) is 0 Å². The number of hydrogen-bond donors (Lipinski definition) is 1. The number of aryl methyl sites for hydroxylation is 2. The smallest absolute Gasteiger partial charge is 0.309 e. The van der Waals surface area contributed by atoms with Crippen LogP contribution in [0.1, 0.15) is 31.4 Å². The first kappa shape index (κ1) is 13.6. The molecular weight excluding hydrogens is 226 g/mol. The first-order chi connectivity index (χ1) is 7.74. The second kappa shape index (κ2) is 4.82. The molecule has 0 radical (unpaired) electrons. The van der Waals surface area contributed by atoms with Crippen LogP contribution in [0.3, 0.4) is 0 Å². The van der Waals surface area contributed by atoms with E-state index in [9.17, 15) is 13.6 Å². The highest BCUT2D eigenvalue weighted by Gasteiger charge is 2.27. The van der Waals surface area contributed by atoms with Crippen molar-refractivity contribution in [3.63, 3.8) is 0 Å². The van der Waals surface area contributed by atoms with Crippen molar-refractivity contribution in [2.45, 2.75) is 33.6 Å². The Bertz CT molecular complexity index is 439. The molecule has 94 valence electrons. The Hall–Kier alpha value is -1.45. The van der Waals surface area contributed by atoms with E-state index in [1.807, 2.05) is 0 Å². The summed E-state index contributed by atoms with van der Waals surface area (Å²) in [6.07, 6.45) is 0.594. The SMILES string of the molecule is Cc1cc(CCC(C)(C)C(=O)O)c(F)cc1F. The molecule has 4 heteroatoms. The van der Waals surface area contributed by atoms with E-state index in [0.29, 0.717) is 17.5 Å². The second-order valence-electron chi connectivity index (χ2n) is 4.88. The molecule has 0 aliphatic heterocycles. The molecule has 0 unspecified atom stereocenters. The van der Waals surface area contributed by atoms with Gasteiger partial charge in [0.1, 0.15) is 11.6 Å². The number of carboxylic acids is 1. The van der Waals surface area contributed by atoms with Gasteiger partial charge in [-0.3, -0.25) is 4.79 Å². The molecule has 0 bridgehead atoms. The van der Waals surface area contributed by atoms with Gasteiger partial charge in [0, 0.05) is 6.07 Å².